The van der Waals surface area contributed by atoms with Crippen molar-refractivity contribution < 1.29 is 9.47 Å². The van der Waals surface area contributed by atoms with E-state index in [1.807, 2.05) is 31.6 Å². The van der Waals surface area contributed by atoms with Crippen LogP contribution in [0.2, 0.25) is 0 Å². The first-order valence-corrected chi connectivity index (χ1v) is 10.9. The molecule has 2 rings (SSSR count). The molecule has 1 aromatic carbocycles. The van der Waals surface area contributed by atoms with Crippen molar-refractivity contribution in [3.05, 3.63) is 40.7 Å². The maximum atomic E-state index is 5.72. The molecule has 0 bridgehead atoms. The summed E-state index contributed by atoms with van der Waals surface area (Å²) in [6.07, 6.45) is 1.76. The van der Waals surface area contributed by atoms with Crippen LogP contribution in [0.15, 0.2) is 23.2 Å². The van der Waals surface area contributed by atoms with E-state index in [9.17, 15) is 0 Å². The van der Waals surface area contributed by atoms with Crippen LogP contribution in [0.3, 0.4) is 0 Å². The predicted octanol–water partition coefficient (Wildman–Crippen LogP) is 3.17. The van der Waals surface area contributed by atoms with Gasteiger partial charge in [0.1, 0.15) is 0 Å². The molecule has 2 N–H and O–H groups in total. The van der Waals surface area contributed by atoms with Gasteiger partial charge in [0.2, 0.25) is 0 Å². The van der Waals surface area contributed by atoms with Gasteiger partial charge >= 0.3 is 0 Å². The van der Waals surface area contributed by atoms with Crippen LogP contribution in [0.5, 0.6) is 11.5 Å². The molecule has 0 saturated heterocycles. The van der Waals surface area contributed by atoms with Gasteiger partial charge in [-0.1, -0.05) is 6.07 Å². The lowest BCUT2D eigenvalue weighted by molar-refractivity contribution is 0.287. The first-order chi connectivity index (χ1) is 14.5. The number of nitrogens with one attached hydrogen (secondary N) is 2. The molecule has 0 atom stereocenters. The van der Waals surface area contributed by atoms with Crippen LogP contribution in [-0.4, -0.2) is 48.6 Å². The molecule has 0 aliphatic carbocycles. The minimum absolute atomic E-state index is 0.620. The van der Waals surface area contributed by atoms with E-state index in [2.05, 4.69) is 48.6 Å². The monoisotopic (exact) mass is 415 g/mol. The lowest BCUT2D eigenvalue weighted by atomic mass is 10.1. The second-order valence-electron chi connectivity index (χ2n) is 7.11. The summed E-state index contributed by atoms with van der Waals surface area (Å²) >= 11 is 0. The molecule has 0 amide bonds. The van der Waals surface area contributed by atoms with Crippen molar-refractivity contribution in [1.82, 2.24) is 20.4 Å². The number of benzene rings is 1. The molecule has 2 aromatic rings. The number of nitrogens with zero attached hydrogens (tertiary/aromatic N) is 3. The van der Waals surface area contributed by atoms with Gasteiger partial charge in [-0.25, -0.2) is 0 Å². The Morgan fingerprint density at radius 1 is 1.03 bits per heavy atom. The number of hydrogen-bond donors (Lipinski definition) is 2. The van der Waals surface area contributed by atoms with E-state index in [0.29, 0.717) is 13.2 Å². The summed E-state index contributed by atoms with van der Waals surface area (Å²) in [5, 5.41) is 11.2. The fourth-order valence-corrected chi connectivity index (χ4v) is 3.38. The molecule has 0 aliphatic heterocycles. The summed E-state index contributed by atoms with van der Waals surface area (Å²) in [4.78, 5) is 4.73. The predicted molar refractivity (Wildman–Crippen MR) is 123 cm³/mol. The Labute approximate surface area is 180 Å². The third-order valence-electron chi connectivity index (χ3n) is 4.95. The molecule has 0 fully saturated rings. The minimum Gasteiger partial charge on any atom is -0.490 e. The normalized spacial score (nSPS) is 11.5. The third-order valence-corrected chi connectivity index (χ3v) is 4.95. The van der Waals surface area contributed by atoms with Gasteiger partial charge in [-0.3, -0.25) is 9.67 Å². The Balaban J connectivity index is 1.92. The molecule has 0 unspecified atom stereocenters. The average molecular weight is 416 g/mol. The number of aromatic nitrogens is 2. The molecule has 166 valence electrons. The number of guanidine groups is 1. The number of aliphatic imine (C=N–C) groups is 1. The molecule has 7 nitrogen and oxygen atoms in total. The van der Waals surface area contributed by atoms with Crippen LogP contribution in [0, 0.1) is 13.8 Å². The Morgan fingerprint density at radius 3 is 2.40 bits per heavy atom. The molecular formula is C23H37N5O2. The summed E-state index contributed by atoms with van der Waals surface area (Å²) < 4.78 is 13.3. The van der Waals surface area contributed by atoms with Gasteiger partial charge in [0.05, 0.1) is 18.9 Å². The number of aryl methyl sites for hydroxylation is 2. The Morgan fingerprint density at radius 2 is 1.77 bits per heavy atom. The summed E-state index contributed by atoms with van der Waals surface area (Å²) in [6.45, 7) is 13.8. The lowest BCUT2D eigenvalue weighted by Crippen LogP contribution is -2.38. The van der Waals surface area contributed by atoms with Crippen molar-refractivity contribution >= 4 is 5.96 Å². The van der Waals surface area contributed by atoms with Crippen molar-refractivity contribution in [2.45, 2.75) is 47.5 Å². The van der Waals surface area contributed by atoms with Crippen LogP contribution < -0.4 is 20.1 Å². The highest BCUT2D eigenvalue weighted by Crippen LogP contribution is 2.28. The largest absolute Gasteiger partial charge is 0.490 e. The molecule has 7 heteroatoms. The summed E-state index contributed by atoms with van der Waals surface area (Å²) in [5.41, 5.74) is 4.78. The number of ether oxygens (including phenoxy) is 2. The van der Waals surface area contributed by atoms with Crippen molar-refractivity contribution in [3.8, 4) is 11.5 Å². The van der Waals surface area contributed by atoms with E-state index in [4.69, 9.17) is 14.5 Å². The first kappa shape index (κ1) is 23.6. The highest BCUT2D eigenvalue weighted by molar-refractivity contribution is 5.79. The number of rotatable bonds is 11. The Hall–Kier alpha value is -2.70. The summed E-state index contributed by atoms with van der Waals surface area (Å²) in [5.74, 6) is 2.44. The third kappa shape index (κ3) is 6.68. The SMILES string of the molecule is CCNC(=NCCc1c(C)nn(C)c1C)NCCc1ccc(OCC)c(OCC)c1. The second-order valence-corrected chi connectivity index (χ2v) is 7.11. The molecule has 0 radical (unpaired) electrons. The van der Waals surface area contributed by atoms with E-state index < -0.39 is 0 Å². The topological polar surface area (TPSA) is 72.7 Å². The lowest BCUT2D eigenvalue weighted by Gasteiger charge is -2.14. The van der Waals surface area contributed by atoms with E-state index >= 15 is 0 Å². The van der Waals surface area contributed by atoms with Crippen LogP contribution >= 0.6 is 0 Å². The van der Waals surface area contributed by atoms with Crippen LogP contribution in [0.25, 0.3) is 0 Å². The average Bonchev–Trinajstić information content (AvgIpc) is 2.96. The summed E-state index contributed by atoms with van der Waals surface area (Å²) in [6, 6.07) is 6.14. The van der Waals surface area contributed by atoms with E-state index in [1.165, 1.54) is 16.8 Å². The Bertz CT molecular complexity index is 829. The molecule has 30 heavy (non-hydrogen) atoms. The van der Waals surface area contributed by atoms with Gasteiger partial charge < -0.3 is 20.1 Å². The standard InChI is InChI=1S/C23H37N5O2/c1-7-24-23(26-15-13-20-17(4)27-28(6)18(20)5)25-14-12-19-10-11-21(29-8-2)22(16-19)30-9-3/h10-11,16H,7-9,12-15H2,1-6H3,(H2,24,25,26). The van der Waals surface area contributed by atoms with Gasteiger partial charge in [-0.15, -0.1) is 0 Å². The minimum atomic E-state index is 0.620. The fourth-order valence-electron chi connectivity index (χ4n) is 3.38. The van der Waals surface area contributed by atoms with Gasteiger partial charge in [0.25, 0.3) is 0 Å². The zero-order chi connectivity index (χ0) is 21.9. The van der Waals surface area contributed by atoms with Crippen molar-refractivity contribution in [1.29, 1.82) is 0 Å². The Kier molecular flexibility index (Phi) is 9.51. The molecule has 0 spiro atoms. The first-order valence-electron chi connectivity index (χ1n) is 10.9. The van der Waals surface area contributed by atoms with Crippen LogP contribution in [-0.2, 0) is 19.9 Å². The zero-order valence-electron chi connectivity index (χ0n) is 19.3. The zero-order valence-corrected chi connectivity index (χ0v) is 19.3. The molecule has 0 saturated carbocycles. The van der Waals surface area contributed by atoms with Crippen LogP contribution in [0.1, 0.15) is 43.3 Å². The van der Waals surface area contributed by atoms with Gasteiger partial charge in [0, 0.05) is 32.4 Å². The quantitative estimate of drug-likeness (QED) is 0.436. The molecule has 1 aromatic heterocycles. The molecule has 0 aliphatic rings. The fraction of sp³-hybridized carbons (Fsp3) is 0.565. The second kappa shape index (κ2) is 12.1. The van der Waals surface area contributed by atoms with E-state index in [-0.39, 0.29) is 0 Å². The smallest absolute Gasteiger partial charge is 0.191 e. The van der Waals surface area contributed by atoms with Crippen molar-refractivity contribution in [2.24, 2.45) is 12.0 Å². The maximum absolute atomic E-state index is 5.72. The molecule has 1 heterocycles. The van der Waals surface area contributed by atoms with Crippen LogP contribution in [0.4, 0.5) is 0 Å². The van der Waals surface area contributed by atoms with E-state index in [1.54, 1.807) is 0 Å². The number of hydrogen-bond acceptors (Lipinski definition) is 4. The van der Waals surface area contributed by atoms with Crippen molar-refractivity contribution in [2.75, 3.05) is 32.8 Å². The summed E-state index contributed by atoms with van der Waals surface area (Å²) in [7, 11) is 1.98. The van der Waals surface area contributed by atoms with Gasteiger partial charge in [-0.05, 0) is 70.7 Å². The maximum Gasteiger partial charge on any atom is 0.191 e. The van der Waals surface area contributed by atoms with E-state index in [0.717, 1.165) is 55.6 Å². The van der Waals surface area contributed by atoms with Gasteiger partial charge in [-0.2, -0.15) is 5.10 Å². The molecular weight excluding hydrogens is 378 g/mol. The van der Waals surface area contributed by atoms with Gasteiger partial charge in [0.15, 0.2) is 17.5 Å². The highest BCUT2D eigenvalue weighted by atomic mass is 16.5. The van der Waals surface area contributed by atoms with Crippen molar-refractivity contribution in [3.63, 3.8) is 0 Å². The highest BCUT2D eigenvalue weighted by Gasteiger charge is 2.09.